The summed E-state index contributed by atoms with van der Waals surface area (Å²) in [5.41, 5.74) is -0.251. The number of likely N-dealkylation sites (tertiary alicyclic amines) is 1. The van der Waals surface area contributed by atoms with Gasteiger partial charge in [-0.15, -0.1) is 0 Å². The third-order valence-corrected chi connectivity index (χ3v) is 9.26. The fraction of sp³-hybridized carbons (Fsp3) is 0.419. The van der Waals surface area contributed by atoms with E-state index in [9.17, 15) is 28.7 Å². The zero-order valence-electron chi connectivity index (χ0n) is 22.3. The number of hydrogen-bond acceptors (Lipinski definition) is 5. The molecule has 4 amide bonds. The Morgan fingerprint density at radius 1 is 0.949 bits per heavy atom. The number of carbonyl (C=O) groups excluding carboxylic acids is 4. The molecule has 8 heteroatoms. The Morgan fingerprint density at radius 2 is 1.64 bits per heavy atom. The van der Waals surface area contributed by atoms with Gasteiger partial charge in [0, 0.05) is 11.5 Å². The van der Waals surface area contributed by atoms with Gasteiger partial charge in [0.2, 0.25) is 23.6 Å². The highest BCUT2D eigenvalue weighted by atomic mass is 19.1. The molecule has 0 radical (unpaired) electrons. The monoisotopic (exact) mass is 530 g/mol. The summed E-state index contributed by atoms with van der Waals surface area (Å²) in [4.78, 5) is 58.0. The molecule has 2 aliphatic carbocycles. The molecule has 1 saturated carbocycles. The van der Waals surface area contributed by atoms with Gasteiger partial charge in [0.25, 0.3) is 0 Å². The summed E-state index contributed by atoms with van der Waals surface area (Å²) in [6.07, 6.45) is 2.50. The highest BCUT2D eigenvalue weighted by molar-refractivity contribution is 6.24. The Labute approximate surface area is 226 Å². The SMILES string of the molecule is CC(C)(C)N1C(=O)[C@H]2[C@H](CC=C3[C@H]2C[C@H]2C(=O)N(c4ccccc4)C(=O)[C@@]2(C)[C@H]3c2ccc(O)c(F)c2)C1=O. The van der Waals surface area contributed by atoms with E-state index in [4.69, 9.17) is 0 Å². The van der Waals surface area contributed by atoms with E-state index in [1.54, 1.807) is 43.3 Å². The second-order valence-corrected chi connectivity index (χ2v) is 12.4. The van der Waals surface area contributed by atoms with Gasteiger partial charge in [-0.05, 0) is 76.3 Å². The van der Waals surface area contributed by atoms with Crippen LogP contribution in [0, 0.1) is 34.9 Å². The van der Waals surface area contributed by atoms with Crippen molar-refractivity contribution in [3.05, 3.63) is 71.6 Å². The predicted molar refractivity (Wildman–Crippen MR) is 141 cm³/mol. The predicted octanol–water partition coefficient (Wildman–Crippen LogP) is 4.56. The maximum atomic E-state index is 14.7. The number of nitrogens with zero attached hydrogens (tertiary/aromatic N) is 2. The number of fused-ring (bicyclic) bond motifs is 4. The van der Waals surface area contributed by atoms with E-state index in [1.807, 2.05) is 26.8 Å². The lowest BCUT2D eigenvalue weighted by Crippen LogP contribution is -2.49. The van der Waals surface area contributed by atoms with Crippen molar-refractivity contribution in [3.63, 3.8) is 0 Å². The number of aromatic hydroxyl groups is 1. The number of allylic oxidation sites excluding steroid dienone is 2. The van der Waals surface area contributed by atoms with Gasteiger partial charge in [0.1, 0.15) is 0 Å². The highest BCUT2D eigenvalue weighted by Gasteiger charge is 2.68. The Bertz CT molecular complexity index is 1460. The molecular formula is C31H31FN2O5. The molecule has 0 spiro atoms. The van der Waals surface area contributed by atoms with Crippen LogP contribution in [0.2, 0.25) is 0 Å². The number of rotatable bonds is 2. The summed E-state index contributed by atoms with van der Waals surface area (Å²) in [5, 5.41) is 9.90. The summed E-state index contributed by atoms with van der Waals surface area (Å²) in [5.74, 6) is -5.69. The summed E-state index contributed by atoms with van der Waals surface area (Å²) in [6.45, 7) is 7.23. The number of anilines is 1. The minimum Gasteiger partial charge on any atom is -0.505 e. The van der Waals surface area contributed by atoms with Crippen molar-refractivity contribution in [1.29, 1.82) is 0 Å². The largest absolute Gasteiger partial charge is 0.505 e. The minimum atomic E-state index is -1.25. The molecule has 0 bridgehead atoms. The van der Waals surface area contributed by atoms with Gasteiger partial charge in [0.05, 0.1) is 28.9 Å². The second kappa shape index (κ2) is 8.34. The number of para-hydroxylation sites is 1. The quantitative estimate of drug-likeness (QED) is 0.454. The molecule has 1 N–H and O–H groups in total. The summed E-state index contributed by atoms with van der Waals surface area (Å²) in [6, 6.07) is 12.8. The zero-order chi connectivity index (χ0) is 28.0. The fourth-order valence-corrected chi connectivity index (χ4v) is 7.58. The van der Waals surface area contributed by atoms with Crippen LogP contribution in [0.5, 0.6) is 5.75 Å². The maximum Gasteiger partial charge on any atom is 0.241 e. The van der Waals surface area contributed by atoms with E-state index in [0.717, 1.165) is 5.57 Å². The molecule has 2 aromatic rings. The number of halogens is 1. The van der Waals surface area contributed by atoms with Crippen molar-refractivity contribution in [3.8, 4) is 5.75 Å². The molecule has 0 aromatic heterocycles. The first-order valence-corrected chi connectivity index (χ1v) is 13.4. The first kappa shape index (κ1) is 25.5. The molecule has 6 rings (SSSR count). The van der Waals surface area contributed by atoms with E-state index >= 15 is 0 Å². The van der Waals surface area contributed by atoms with Crippen molar-refractivity contribution < 1.29 is 28.7 Å². The van der Waals surface area contributed by atoms with Crippen molar-refractivity contribution in [2.75, 3.05) is 4.90 Å². The van der Waals surface area contributed by atoms with E-state index < -0.39 is 52.1 Å². The van der Waals surface area contributed by atoms with Gasteiger partial charge in [-0.25, -0.2) is 9.29 Å². The Kier molecular flexibility index (Phi) is 5.45. The van der Waals surface area contributed by atoms with Gasteiger partial charge < -0.3 is 5.11 Å². The molecule has 2 saturated heterocycles. The van der Waals surface area contributed by atoms with Crippen LogP contribution < -0.4 is 4.90 Å². The van der Waals surface area contributed by atoms with Gasteiger partial charge in [0.15, 0.2) is 11.6 Å². The topological polar surface area (TPSA) is 95.0 Å². The third kappa shape index (κ3) is 3.39. The number of hydrogen-bond donors (Lipinski definition) is 1. The smallest absolute Gasteiger partial charge is 0.241 e. The molecule has 2 aliphatic heterocycles. The first-order valence-electron chi connectivity index (χ1n) is 13.4. The van der Waals surface area contributed by atoms with Crippen molar-refractivity contribution in [2.24, 2.45) is 29.1 Å². The molecule has 0 unspecified atom stereocenters. The van der Waals surface area contributed by atoms with Gasteiger partial charge in [-0.3, -0.25) is 24.1 Å². The molecule has 39 heavy (non-hydrogen) atoms. The van der Waals surface area contributed by atoms with Crippen LogP contribution in [0.1, 0.15) is 52.0 Å². The van der Waals surface area contributed by atoms with E-state index in [2.05, 4.69) is 0 Å². The lowest BCUT2D eigenvalue weighted by molar-refractivity contribution is -0.145. The lowest BCUT2D eigenvalue weighted by atomic mass is 9.51. The molecule has 2 aromatic carbocycles. The number of benzene rings is 2. The van der Waals surface area contributed by atoms with Crippen LogP contribution in [0.15, 0.2) is 60.2 Å². The second-order valence-electron chi connectivity index (χ2n) is 12.4. The fourth-order valence-electron chi connectivity index (χ4n) is 7.58. The Balaban J connectivity index is 1.53. The summed E-state index contributed by atoms with van der Waals surface area (Å²) >= 11 is 0. The highest BCUT2D eigenvalue weighted by Crippen LogP contribution is 2.63. The van der Waals surface area contributed by atoms with Gasteiger partial charge in [-0.1, -0.05) is 35.9 Å². The van der Waals surface area contributed by atoms with E-state index in [-0.39, 0.29) is 30.0 Å². The molecular weight excluding hydrogens is 499 g/mol. The summed E-state index contributed by atoms with van der Waals surface area (Å²) in [7, 11) is 0. The average Bonchev–Trinajstić information content (AvgIpc) is 3.26. The molecule has 7 nitrogen and oxygen atoms in total. The molecule has 3 fully saturated rings. The van der Waals surface area contributed by atoms with Gasteiger partial charge >= 0.3 is 0 Å². The van der Waals surface area contributed by atoms with E-state index in [0.29, 0.717) is 17.7 Å². The third-order valence-electron chi connectivity index (χ3n) is 9.26. The standard InChI is InChI=1S/C31H31FN2O5/c1-30(2,3)34-26(36)19-12-11-18-20(24(19)28(34)38)15-21-27(37)33(17-8-6-5-7-9-17)29(39)31(21,4)25(18)16-10-13-23(35)22(32)14-16/h5-11,13-14,19-21,24-25,35H,12,15H2,1-4H3/t19-,20+,21-,24-,25-,31+/m0/s1. The van der Waals surface area contributed by atoms with Crippen LogP contribution in [0.3, 0.4) is 0 Å². The van der Waals surface area contributed by atoms with Crippen molar-refractivity contribution in [1.82, 2.24) is 4.90 Å². The van der Waals surface area contributed by atoms with Crippen LogP contribution in [0.25, 0.3) is 0 Å². The van der Waals surface area contributed by atoms with Gasteiger partial charge in [-0.2, -0.15) is 0 Å². The zero-order valence-corrected chi connectivity index (χ0v) is 22.3. The molecule has 6 atom stereocenters. The number of carbonyl (C=O) groups is 4. The molecule has 4 aliphatic rings. The number of imide groups is 2. The lowest BCUT2D eigenvalue weighted by Gasteiger charge is -2.49. The van der Waals surface area contributed by atoms with Crippen LogP contribution in [0.4, 0.5) is 10.1 Å². The Hall–Kier alpha value is -3.81. The van der Waals surface area contributed by atoms with Crippen LogP contribution in [-0.2, 0) is 19.2 Å². The van der Waals surface area contributed by atoms with E-state index in [1.165, 1.54) is 21.9 Å². The van der Waals surface area contributed by atoms with Crippen LogP contribution in [-0.4, -0.2) is 39.2 Å². The number of phenolic OH excluding ortho intramolecular Hbond substituents is 1. The first-order chi connectivity index (χ1) is 18.4. The van der Waals surface area contributed by atoms with Crippen molar-refractivity contribution >= 4 is 29.3 Å². The molecule has 202 valence electrons. The van der Waals surface area contributed by atoms with Crippen molar-refractivity contribution in [2.45, 2.75) is 52.0 Å². The normalized spacial score (nSPS) is 32.2. The summed E-state index contributed by atoms with van der Waals surface area (Å²) < 4.78 is 14.7. The Morgan fingerprint density at radius 3 is 2.28 bits per heavy atom. The number of amides is 4. The average molecular weight is 531 g/mol. The van der Waals surface area contributed by atoms with Crippen LogP contribution >= 0.6 is 0 Å². The maximum absolute atomic E-state index is 14.7. The molecule has 2 heterocycles. The minimum absolute atomic E-state index is 0.215. The number of phenols is 1.